The SMILES string of the molecule is CC[C@@H](C)NC(=O)[C@H](Cc1ccccc1)N(Cc1ccc(F)cc1)C(=O)CN(c1cc(Cl)c(Cl)cc1Cl)S(C)(=O)=O. The van der Waals surface area contributed by atoms with E-state index in [1.54, 1.807) is 0 Å². The maximum atomic E-state index is 14.1. The number of rotatable bonds is 12. The molecule has 0 saturated carbocycles. The van der Waals surface area contributed by atoms with Gasteiger partial charge in [-0.3, -0.25) is 13.9 Å². The fourth-order valence-corrected chi connectivity index (χ4v) is 5.63. The predicted molar refractivity (Wildman–Crippen MR) is 162 cm³/mol. The smallest absolute Gasteiger partial charge is 0.244 e. The number of benzene rings is 3. The molecule has 41 heavy (non-hydrogen) atoms. The van der Waals surface area contributed by atoms with Crippen molar-refractivity contribution < 1.29 is 22.4 Å². The molecule has 0 radical (unpaired) electrons. The van der Waals surface area contributed by atoms with Crippen LogP contribution in [0.15, 0.2) is 66.7 Å². The minimum absolute atomic E-state index is 0.0296. The van der Waals surface area contributed by atoms with E-state index in [9.17, 15) is 22.4 Å². The molecule has 0 aliphatic heterocycles. The van der Waals surface area contributed by atoms with Crippen LogP contribution in [0.1, 0.15) is 31.4 Å². The first-order valence-electron chi connectivity index (χ1n) is 12.8. The Kier molecular flexibility index (Phi) is 11.4. The van der Waals surface area contributed by atoms with Gasteiger partial charge in [0.25, 0.3) is 0 Å². The summed E-state index contributed by atoms with van der Waals surface area (Å²) in [6, 6.07) is 16.0. The van der Waals surface area contributed by atoms with Gasteiger partial charge in [0.1, 0.15) is 18.4 Å². The summed E-state index contributed by atoms with van der Waals surface area (Å²) in [6.45, 7) is 3.00. The van der Waals surface area contributed by atoms with E-state index in [4.69, 9.17) is 34.8 Å². The van der Waals surface area contributed by atoms with Gasteiger partial charge in [-0.2, -0.15) is 0 Å². The third kappa shape index (κ3) is 9.07. The number of hydrogen-bond donors (Lipinski definition) is 1. The number of anilines is 1. The van der Waals surface area contributed by atoms with Crippen LogP contribution in [0.3, 0.4) is 0 Å². The lowest BCUT2D eigenvalue weighted by molar-refractivity contribution is -0.140. The number of hydrogen-bond acceptors (Lipinski definition) is 4. The summed E-state index contributed by atoms with van der Waals surface area (Å²) in [5.41, 5.74) is 1.30. The fraction of sp³-hybridized carbons (Fsp3) is 0.310. The number of nitrogens with one attached hydrogen (secondary N) is 1. The van der Waals surface area contributed by atoms with Crippen LogP contribution < -0.4 is 9.62 Å². The van der Waals surface area contributed by atoms with Crippen LogP contribution in [-0.2, 0) is 32.6 Å². The highest BCUT2D eigenvalue weighted by Crippen LogP contribution is 2.35. The zero-order valence-electron chi connectivity index (χ0n) is 22.8. The molecule has 2 atom stereocenters. The minimum Gasteiger partial charge on any atom is -0.352 e. The molecular weight excluding hydrogens is 612 g/mol. The largest absolute Gasteiger partial charge is 0.352 e. The second-order valence-corrected chi connectivity index (χ2v) is 12.8. The summed E-state index contributed by atoms with van der Waals surface area (Å²) in [7, 11) is -4.06. The van der Waals surface area contributed by atoms with Crippen molar-refractivity contribution in [2.75, 3.05) is 17.1 Å². The average molecular weight is 643 g/mol. The Morgan fingerprint density at radius 3 is 2.12 bits per heavy atom. The molecule has 0 heterocycles. The monoisotopic (exact) mass is 641 g/mol. The fourth-order valence-electron chi connectivity index (χ4n) is 4.08. The van der Waals surface area contributed by atoms with Crippen molar-refractivity contribution in [1.82, 2.24) is 10.2 Å². The van der Waals surface area contributed by atoms with Crippen LogP contribution in [0, 0.1) is 5.82 Å². The molecule has 220 valence electrons. The standard InChI is InChI=1S/C29H31Cl3FN3O4S/c1-4-19(2)34-29(38)27(14-20-8-6-5-7-9-20)35(17-21-10-12-22(33)13-11-21)28(37)18-36(41(3,39)40)26-16-24(31)23(30)15-25(26)32/h5-13,15-16,19,27H,4,14,17-18H2,1-3H3,(H,34,38)/t19-,27+/m1/s1. The predicted octanol–water partition coefficient (Wildman–Crippen LogP) is 6.11. The average Bonchev–Trinajstić information content (AvgIpc) is 2.92. The molecule has 0 bridgehead atoms. The van der Waals surface area contributed by atoms with Crippen LogP contribution in [-0.4, -0.2) is 50.0 Å². The molecule has 3 aromatic carbocycles. The number of halogens is 4. The van der Waals surface area contributed by atoms with Crippen LogP contribution in [0.25, 0.3) is 0 Å². The summed E-state index contributed by atoms with van der Waals surface area (Å²) in [6.07, 6.45) is 1.75. The van der Waals surface area contributed by atoms with Crippen molar-refractivity contribution in [1.29, 1.82) is 0 Å². The van der Waals surface area contributed by atoms with Gasteiger partial charge in [-0.25, -0.2) is 12.8 Å². The van der Waals surface area contributed by atoms with Gasteiger partial charge in [0.05, 0.1) is 27.0 Å². The first kappa shape index (κ1) is 32.7. The highest BCUT2D eigenvalue weighted by atomic mass is 35.5. The van der Waals surface area contributed by atoms with Gasteiger partial charge >= 0.3 is 0 Å². The van der Waals surface area contributed by atoms with E-state index < -0.39 is 40.2 Å². The van der Waals surface area contributed by atoms with E-state index in [1.165, 1.54) is 41.3 Å². The van der Waals surface area contributed by atoms with Crippen molar-refractivity contribution >= 4 is 62.3 Å². The zero-order chi connectivity index (χ0) is 30.3. The summed E-state index contributed by atoms with van der Waals surface area (Å²) in [4.78, 5) is 29.0. The Bertz CT molecular complexity index is 1470. The number of amides is 2. The second kappa shape index (κ2) is 14.4. The molecule has 3 rings (SSSR count). The first-order chi connectivity index (χ1) is 19.3. The van der Waals surface area contributed by atoms with Gasteiger partial charge in [0, 0.05) is 19.0 Å². The van der Waals surface area contributed by atoms with Crippen molar-refractivity contribution in [3.05, 3.63) is 98.7 Å². The Hall–Kier alpha value is -2.85. The number of sulfonamides is 1. The molecular formula is C29H31Cl3FN3O4S. The van der Waals surface area contributed by atoms with Crippen LogP contribution in [0.5, 0.6) is 0 Å². The van der Waals surface area contributed by atoms with Crippen molar-refractivity contribution in [3.8, 4) is 0 Å². The molecule has 0 aliphatic rings. The molecule has 0 aliphatic carbocycles. The summed E-state index contributed by atoms with van der Waals surface area (Å²) >= 11 is 18.5. The minimum atomic E-state index is -4.06. The summed E-state index contributed by atoms with van der Waals surface area (Å²) < 4.78 is 40.3. The van der Waals surface area contributed by atoms with Crippen molar-refractivity contribution in [2.45, 2.75) is 45.3 Å². The molecule has 2 amide bonds. The zero-order valence-corrected chi connectivity index (χ0v) is 25.9. The normalized spacial score (nSPS) is 12.9. The van der Waals surface area contributed by atoms with E-state index in [1.807, 2.05) is 44.2 Å². The van der Waals surface area contributed by atoms with E-state index >= 15 is 0 Å². The third-order valence-electron chi connectivity index (χ3n) is 6.48. The van der Waals surface area contributed by atoms with Crippen LogP contribution in [0.4, 0.5) is 10.1 Å². The van der Waals surface area contributed by atoms with Crippen LogP contribution in [0.2, 0.25) is 15.1 Å². The number of carbonyl (C=O) groups excluding carboxylic acids is 2. The van der Waals surface area contributed by atoms with E-state index in [0.29, 0.717) is 12.0 Å². The summed E-state index contributed by atoms with van der Waals surface area (Å²) in [5.74, 6) is -1.54. The van der Waals surface area contributed by atoms with Gasteiger partial charge in [-0.05, 0) is 48.7 Å². The lowest BCUT2D eigenvalue weighted by atomic mass is 10.0. The lowest BCUT2D eigenvalue weighted by Crippen LogP contribution is -2.54. The Labute approximate surface area is 255 Å². The van der Waals surface area contributed by atoms with E-state index in [2.05, 4.69) is 5.32 Å². The highest BCUT2D eigenvalue weighted by Gasteiger charge is 2.34. The van der Waals surface area contributed by atoms with E-state index in [-0.39, 0.29) is 39.8 Å². The van der Waals surface area contributed by atoms with Gasteiger partial charge < -0.3 is 10.2 Å². The molecule has 0 fully saturated rings. The third-order valence-corrected chi connectivity index (χ3v) is 8.63. The molecule has 12 heteroatoms. The van der Waals surface area contributed by atoms with Gasteiger partial charge in [0.2, 0.25) is 21.8 Å². The molecule has 0 aromatic heterocycles. The number of nitrogens with zero attached hydrogens (tertiary/aromatic N) is 2. The molecule has 0 spiro atoms. The second-order valence-electron chi connectivity index (χ2n) is 9.66. The Morgan fingerprint density at radius 1 is 0.927 bits per heavy atom. The lowest BCUT2D eigenvalue weighted by Gasteiger charge is -2.34. The highest BCUT2D eigenvalue weighted by molar-refractivity contribution is 7.92. The molecule has 0 unspecified atom stereocenters. The van der Waals surface area contributed by atoms with Gasteiger partial charge in [0.15, 0.2) is 0 Å². The molecule has 1 N–H and O–H groups in total. The quantitative estimate of drug-likeness (QED) is 0.242. The van der Waals surface area contributed by atoms with Gasteiger partial charge in [-0.1, -0.05) is 84.2 Å². The maximum Gasteiger partial charge on any atom is 0.244 e. The Balaban J connectivity index is 2.09. The molecule has 7 nitrogen and oxygen atoms in total. The topological polar surface area (TPSA) is 86.8 Å². The Morgan fingerprint density at radius 2 is 1.54 bits per heavy atom. The first-order valence-corrected chi connectivity index (χ1v) is 15.8. The van der Waals surface area contributed by atoms with E-state index in [0.717, 1.165) is 16.1 Å². The van der Waals surface area contributed by atoms with Crippen molar-refractivity contribution in [3.63, 3.8) is 0 Å². The van der Waals surface area contributed by atoms with Crippen LogP contribution >= 0.6 is 34.8 Å². The molecule has 3 aromatic rings. The number of carbonyl (C=O) groups is 2. The van der Waals surface area contributed by atoms with Gasteiger partial charge in [-0.15, -0.1) is 0 Å². The summed E-state index contributed by atoms with van der Waals surface area (Å²) in [5, 5.41) is 3.07. The van der Waals surface area contributed by atoms with Crippen molar-refractivity contribution in [2.24, 2.45) is 0 Å². The molecule has 0 saturated heterocycles. The maximum absolute atomic E-state index is 14.1.